The number of ether oxygens (including phenoxy) is 1. The van der Waals surface area contributed by atoms with Crippen LogP contribution in [0.2, 0.25) is 0 Å². The van der Waals surface area contributed by atoms with Gasteiger partial charge in [0.2, 0.25) is 0 Å². The van der Waals surface area contributed by atoms with Crippen LogP contribution >= 0.6 is 0 Å². The highest BCUT2D eigenvalue weighted by atomic mass is 16.6. The zero-order chi connectivity index (χ0) is 15.3. The van der Waals surface area contributed by atoms with Gasteiger partial charge in [0.05, 0.1) is 11.8 Å². The monoisotopic (exact) mass is 278 g/mol. The predicted molar refractivity (Wildman–Crippen MR) is 56.7 cm³/mol. The third kappa shape index (κ3) is 4.64. The van der Waals surface area contributed by atoms with Crippen LogP contribution in [0, 0.1) is 11.8 Å². The van der Waals surface area contributed by atoms with Gasteiger partial charge in [-0.15, -0.1) is 0 Å². The second-order valence-electron chi connectivity index (χ2n) is 3.88. The van der Waals surface area contributed by atoms with E-state index < -0.39 is 36.1 Å². The average molecular weight is 278 g/mol. The minimum absolute atomic E-state index is 0.252. The Morgan fingerprint density at radius 3 is 1.32 bits per heavy atom. The molecule has 0 unspecified atom stereocenters. The molecule has 0 amide bonds. The number of rotatable bonds is 3. The van der Waals surface area contributed by atoms with Gasteiger partial charge in [-0.2, -0.15) is 0 Å². The minimum atomic E-state index is -2.27. The zero-order valence-electron chi connectivity index (χ0n) is 10.1. The van der Waals surface area contributed by atoms with Crippen molar-refractivity contribution in [3.8, 4) is 0 Å². The minimum Gasteiger partial charge on any atom is -0.479 e. The fraction of sp³-hybridized carbons (Fsp3) is 0.600. The van der Waals surface area contributed by atoms with Gasteiger partial charge in [-0.3, -0.25) is 9.59 Å². The summed E-state index contributed by atoms with van der Waals surface area (Å²) in [5.74, 6) is -4.83. The van der Waals surface area contributed by atoms with E-state index in [0.717, 1.165) is 0 Å². The molecule has 0 aliphatic carbocycles. The predicted octanol–water partition coefficient (Wildman–Crippen LogP) is -1.78. The fourth-order valence-corrected chi connectivity index (χ4v) is 0.963. The van der Waals surface area contributed by atoms with Crippen LogP contribution in [0.25, 0.3) is 0 Å². The third-order valence-electron chi connectivity index (χ3n) is 2.50. The Hall–Kier alpha value is -2.00. The Morgan fingerprint density at radius 1 is 0.947 bits per heavy atom. The average Bonchev–Trinajstić information content (AvgIpc) is 2.55. The topological polar surface area (TPSA) is 158 Å². The number of carbonyl (C=O) groups is 4. The van der Waals surface area contributed by atoms with Gasteiger partial charge in [0.25, 0.3) is 0 Å². The first kappa shape index (κ1) is 17.0. The van der Waals surface area contributed by atoms with Crippen LogP contribution in [-0.2, 0) is 23.9 Å². The molecule has 0 aromatic carbocycles. The molecule has 9 heteroatoms. The molecule has 1 fully saturated rings. The van der Waals surface area contributed by atoms with Crippen LogP contribution in [0.3, 0.4) is 0 Å². The molecule has 19 heavy (non-hydrogen) atoms. The molecule has 0 radical (unpaired) electrons. The quantitative estimate of drug-likeness (QED) is 0.345. The lowest BCUT2D eigenvalue weighted by atomic mass is 10.00. The number of carboxylic acids is 2. The lowest BCUT2D eigenvalue weighted by Gasteiger charge is -2.07. The first-order valence-corrected chi connectivity index (χ1v) is 5.16. The van der Waals surface area contributed by atoms with Gasteiger partial charge in [0, 0.05) is 0 Å². The Labute approximate surface area is 107 Å². The van der Waals surface area contributed by atoms with Crippen molar-refractivity contribution in [1.82, 2.24) is 0 Å². The number of aliphatic hydroxyl groups excluding tert-OH is 2. The van der Waals surface area contributed by atoms with Crippen molar-refractivity contribution in [1.29, 1.82) is 0 Å². The fourth-order valence-electron chi connectivity index (χ4n) is 0.963. The van der Waals surface area contributed by atoms with Crippen molar-refractivity contribution in [3.63, 3.8) is 0 Å². The van der Waals surface area contributed by atoms with Gasteiger partial charge in [-0.1, -0.05) is 13.8 Å². The zero-order valence-corrected chi connectivity index (χ0v) is 10.1. The molecule has 1 aliphatic rings. The van der Waals surface area contributed by atoms with Crippen LogP contribution in [0.1, 0.15) is 13.8 Å². The van der Waals surface area contributed by atoms with Crippen LogP contribution < -0.4 is 0 Å². The van der Waals surface area contributed by atoms with Gasteiger partial charge in [0.1, 0.15) is 0 Å². The Bertz CT molecular complexity index is 352. The standard InChI is InChI=1S/C6H8O3.C4H6O6/c1-3-4(2)6(8)9-5(3)7;5-1(3(7)8)2(6)4(9)10/h3-4H,1-2H3;1-2,5-6H,(H,7,8)(H,9,10)/t3-,4-;1-,2-/m01/s1. The molecule has 0 aromatic heterocycles. The highest BCUT2D eigenvalue weighted by Gasteiger charge is 2.37. The van der Waals surface area contributed by atoms with E-state index in [4.69, 9.17) is 20.4 Å². The van der Waals surface area contributed by atoms with E-state index in [1.165, 1.54) is 0 Å². The smallest absolute Gasteiger partial charge is 0.335 e. The Kier molecular flexibility index (Phi) is 6.09. The molecule has 1 heterocycles. The highest BCUT2D eigenvalue weighted by molar-refractivity contribution is 5.95. The molecule has 1 aliphatic heterocycles. The maximum absolute atomic E-state index is 10.6. The first-order valence-electron chi connectivity index (χ1n) is 5.16. The highest BCUT2D eigenvalue weighted by Crippen LogP contribution is 2.21. The van der Waals surface area contributed by atoms with Gasteiger partial charge < -0.3 is 25.2 Å². The third-order valence-corrected chi connectivity index (χ3v) is 2.50. The van der Waals surface area contributed by atoms with Gasteiger partial charge >= 0.3 is 23.9 Å². The van der Waals surface area contributed by atoms with Gasteiger partial charge in [-0.05, 0) is 0 Å². The second-order valence-corrected chi connectivity index (χ2v) is 3.88. The summed E-state index contributed by atoms with van der Waals surface area (Å²) in [6, 6.07) is 0. The molecule has 4 atom stereocenters. The SMILES string of the molecule is C[C@@H]1C(=O)OC(=O)[C@H]1C.O=C(O)[C@H](O)[C@@H](O)C(=O)O. The maximum atomic E-state index is 10.6. The van der Waals surface area contributed by atoms with Crippen molar-refractivity contribution >= 4 is 23.9 Å². The number of aliphatic carboxylic acids is 2. The summed E-state index contributed by atoms with van der Waals surface area (Å²) in [7, 11) is 0. The molecular weight excluding hydrogens is 264 g/mol. The van der Waals surface area contributed by atoms with E-state index in [-0.39, 0.29) is 11.8 Å². The van der Waals surface area contributed by atoms with Crippen LogP contribution in [-0.4, -0.2) is 56.5 Å². The van der Waals surface area contributed by atoms with E-state index >= 15 is 0 Å². The maximum Gasteiger partial charge on any atom is 0.335 e. The van der Waals surface area contributed by atoms with Crippen LogP contribution in [0.4, 0.5) is 0 Å². The molecule has 0 saturated carbocycles. The van der Waals surface area contributed by atoms with Crippen molar-refractivity contribution < 1.29 is 44.3 Å². The number of cyclic esters (lactones) is 2. The van der Waals surface area contributed by atoms with Crippen molar-refractivity contribution in [2.75, 3.05) is 0 Å². The van der Waals surface area contributed by atoms with E-state index in [0.29, 0.717) is 0 Å². The van der Waals surface area contributed by atoms with Gasteiger partial charge in [-0.25, -0.2) is 9.59 Å². The Balaban J connectivity index is 0.000000342. The summed E-state index contributed by atoms with van der Waals surface area (Å²) < 4.78 is 4.31. The van der Waals surface area contributed by atoms with Crippen molar-refractivity contribution in [2.24, 2.45) is 11.8 Å². The summed E-state index contributed by atoms with van der Waals surface area (Å²) in [5.41, 5.74) is 0. The number of hydrogen-bond acceptors (Lipinski definition) is 7. The second kappa shape index (κ2) is 6.81. The van der Waals surface area contributed by atoms with E-state index in [9.17, 15) is 19.2 Å². The summed E-state index contributed by atoms with van der Waals surface area (Å²) >= 11 is 0. The number of carboxylic acid groups (broad SMARTS) is 2. The lowest BCUT2D eigenvalue weighted by molar-refractivity contribution is -0.165. The molecule has 1 rings (SSSR count). The number of aliphatic hydroxyl groups is 2. The molecular formula is C10H14O9. The van der Waals surface area contributed by atoms with Crippen molar-refractivity contribution in [3.05, 3.63) is 0 Å². The lowest BCUT2D eigenvalue weighted by Crippen LogP contribution is -2.39. The van der Waals surface area contributed by atoms with Crippen molar-refractivity contribution in [2.45, 2.75) is 26.1 Å². The number of hydrogen-bond donors (Lipinski definition) is 4. The molecule has 0 aromatic rings. The Morgan fingerprint density at radius 2 is 1.21 bits per heavy atom. The summed E-state index contributed by atoms with van der Waals surface area (Å²) in [5, 5.41) is 32.5. The normalized spacial score (nSPS) is 24.8. The molecule has 1 saturated heterocycles. The van der Waals surface area contributed by atoms with E-state index in [2.05, 4.69) is 4.74 Å². The van der Waals surface area contributed by atoms with Crippen LogP contribution in [0.5, 0.6) is 0 Å². The molecule has 9 nitrogen and oxygen atoms in total. The van der Waals surface area contributed by atoms with E-state index in [1.807, 2.05) is 0 Å². The van der Waals surface area contributed by atoms with Crippen LogP contribution in [0.15, 0.2) is 0 Å². The molecule has 4 N–H and O–H groups in total. The van der Waals surface area contributed by atoms with E-state index in [1.54, 1.807) is 13.8 Å². The number of esters is 2. The van der Waals surface area contributed by atoms with Gasteiger partial charge in [0.15, 0.2) is 12.2 Å². The molecule has 108 valence electrons. The molecule has 0 spiro atoms. The summed E-state index contributed by atoms with van der Waals surface area (Å²) in [6.45, 7) is 3.38. The largest absolute Gasteiger partial charge is 0.479 e. The first-order chi connectivity index (χ1) is 8.59. The summed E-state index contributed by atoms with van der Waals surface area (Å²) in [4.78, 5) is 40.6. The summed E-state index contributed by atoms with van der Waals surface area (Å²) in [6.07, 6.45) is -4.53. The molecule has 0 bridgehead atoms. The number of carbonyl (C=O) groups excluding carboxylic acids is 2.